The van der Waals surface area contributed by atoms with Crippen LogP contribution in [0, 0.1) is 0 Å². The molecule has 0 aliphatic heterocycles. The minimum atomic E-state index is -0.388. The molecular formula is C15H19BrO5. The topological polar surface area (TPSA) is 54.0 Å². The van der Waals surface area contributed by atoms with Crippen LogP contribution in [0.3, 0.4) is 0 Å². The Morgan fingerprint density at radius 3 is 2.10 bits per heavy atom. The molecule has 1 fully saturated rings. The molecule has 1 aliphatic carbocycles. The lowest BCUT2D eigenvalue weighted by atomic mass is 10.2. The summed E-state index contributed by atoms with van der Waals surface area (Å²) >= 11 is 3.33. The zero-order chi connectivity index (χ0) is 15.4. The fourth-order valence-corrected chi connectivity index (χ4v) is 2.89. The first-order valence-electron chi connectivity index (χ1n) is 6.65. The van der Waals surface area contributed by atoms with Gasteiger partial charge in [-0.25, -0.2) is 4.79 Å². The van der Waals surface area contributed by atoms with Gasteiger partial charge in [-0.2, -0.15) is 0 Å². The second kappa shape index (κ2) is 7.35. The molecule has 0 radical (unpaired) electrons. The third kappa shape index (κ3) is 3.63. The van der Waals surface area contributed by atoms with Crippen LogP contribution in [0.4, 0.5) is 0 Å². The van der Waals surface area contributed by atoms with E-state index in [-0.39, 0.29) is 30.4 Å². The first-order valence-corrected chi connectivity index (χ1v) is 7.45. The Hall–Kier alpha value is -0.950. The van der Waals surface area contributed by atoms with Crippen molar-refractivity contribution < 1.29 is 23.7 Å². The van der Waals surface area contributed by atoms with Crippen molar-refractivity contribution in [3.63, 3.8) is 0 Å². The molecule has 0 saturated heterocycles. The van der Waals surface area contributed by atoms with Gasteiger partial charge >= 0.3 is 5.97 Å². The van der Waals surface area contributed by atoms with E-state index in [9.17, 15) is 4.79 Å². The number of esters is 1. The standard InChI is InChI=1S/C15H19BrO5/c1-18-11-8-12(14(20-3)13(11)19-2)21-15(17)9-4-6-10(16)7-5-9/h4-7,11-14H,8H2,1-3H3/t11-,12+,13-,14-/m1/s1. The number of carbonyl (C=O) groups excluding carboxylic acids is 1. The number of hydrogen-bond donors (Lipinski definition) is 0. The molecule has 6 heteroatoms. The number of carbonyl (C=O) groups is 1. The second-order valence-corrected chi connectivity index (χ2v) is 5.78. The lowest BCUT2D eigenvalue weighted by Gasteiger charge is -2.23. The van der Waals surface area contributed by atoms with E-state index in [2.05, 4.69) is 15.9 Å². The first kappa shape index (κ1) is 16.4. The van der Waals surface area contributed by atoms with Crippen LogP contribution in [-0.2, 0) is 18.9 Å². The molecule has 0 spiro atoms. The Kier molecular flexibility index (Phi) is 5.75. The van der Waals surface area contributed by atoms with Crippen molar-refractivity contribution >= 4 is 21.9 Å². The molecule has 1 aliphatic rings. The van der Waals surface area contributed by atoms with Crippen LogP contribution in [0.25, 0.3) is 0 Å². The summed E-state index contributed by atoms with van der Waals surface area (Å²) in [5.74, 6) is -0.374. The highest BCUT2D eigenvalue weighted by molar-refractivity contribution is 9.10. The predicted molar refractivity (Wildman–Crippen MR) is 80.4 cm³/mol. The molecule has 116 valence electrons. The Labute approximate surface area is 132 Å². The molecule has 0 heterocycles. The molecule has 0 bridgehead atoms. The van der Waals surface area contributed by atoms with Crippen LogP contribution in [0.1, 0.15) is 16.8 Å². The molecule has 2 rings (SSSR count). The minimum absolute atomic E-state index is 0.150. The first-order chi connectivity index (χ1) is 10.1. The Balaban J connectivity index is 2.07. The normalized spacial score (nSPS) is 28.6. The van der Waals surface area contributed by atoms with Gasteiger partial charge in [0.1, 0.15) is 18.3 Å². The van der Waals surface area contributed by atoms with Gasteiger partial charge in [0.2, 0.25) is 0 Å². The third-order valence-electron chi connectivity index (χ3n) is 3.71. The summed E-state index contributed by atoms with van der Waals surface area (Å²) in [6.45, 7) is 0. The molecule has 1 aromatic rings. The van der Waals surface area contributed by atoms with E-state index in [4.69, 9.17) is 18.9 Å². The maximum Gasteiger partial charge on any atom is 0.338 e. The molecule has 4 atom stereocenters. The molecule has 1 saturated carbocycles. The maximum absolute atomic E-state index is 12.2. The van der Waals surface area contributed by atoms with Crippen LogP contribution in [-0.4, -0.2) is 51.7 Å². The smallest absolute Gasteiger partial charge is 0.338 e. The van der Waals surface area contributed by atoms with Crippen molar-refractivity contribution in [2.24, 2.45) is 0 Å². The molecular weight excluding hydrogens is 340 g/mol. The Morgan fingerprint density at radius 1 is 1.00 bits per heavy atom. The van der Waals surface area contributed by atoms with Gasteiger partial charge in [-0.05, 0) is 24.3 Å². The Morgan fingerprint density at radius 2 is 1.57 bits per heavy atom. The van der Waals surface area contributed by atoms with Crippen molar-refractivity contribution in [2.75, 3.05) is 21.3 Å². The zero-order valence-corrected chi connectivity index (χ0v) is 13.8. The fraction of sp³-hybridized carbons (Fsp3) is 0.533. The van der Waals surface area contributed by atoms with Gasteiger partial charge in [0, 0.05) is 32.2 Å². The molecule has 5 nitrogen and oxygen atoms in total. The third-order valence-corrected chi connectivity index (χ3v) is 4.24. The van der Waals surface area contributed by atoms with Crippen molar-refractivity contribution in [3.05, 3.63) is 34.3 Å². The maximum atomic E-state index is 12.2. The van der Waals surface area contributed by atoms with Gasteiger partial charge < -0.3 is 18.9 Å². The lowest BCUT2D eigenvalue weighted by molar-refractivity contribution is -0.0909. The van der Waals surface area contributed by atoms with Crippen LogP contribution in [0.2, 0.25) is 0 Å². The van der Waals surface area contributed by atoms with Gasteiger partial charge in [0.15, 0.2) is 0 Å². The summed E-state index contributed by atoms with van der Waals surface area (Å²) in [6, 6.07) is 7.03. The highest BCUT2D eigenvalue weighted by Gasteiger charge is 2.46. The van der Waals surface area contributed by atoms with Gasteiger partial charge in [-0.3, -0.25) is 0 Å². The molecule has 0 aromatic heterocycles. The highest BCUT2D eigenvalue weighted by Crippen LogP contribution is 2.30. The van der Waals surface area contributed by atoms with Gasteiger partial charge in [0.05, 0.1) is 11.7 Å². The van der Waals surface area contributed by atoms with E-state index in [1.165, 1.54) is 0 Å². The molecule has 0 N–H and O–H groups in total. The molecule has 0 unspecified atom stereocenters. The van der Waals surface area contributed by atoms with Gasteiger partial charge in [0.25, 0.3) is 0 Å². The molecule has 1 aromatic carbocycles. The number of halogens is 1. The predicted octanol–water partition coefficient (Wildman–Crippen LogP) is 2.42. The van der Waals surface area contributed by atoms with Gasteiger partial charge in [-0.15, -0.1) is 0 Å². The van der Waals surface area contributed by atoms with E-state index in [0.717, 1.165) is 4.47 Å². The van der Waals surface area contributed by atoms with E-state index in [1.807, 2.05) is 0 Å². The van der Waals surface area contributed by atoms with Gasteiger partial charge in [-0.1, -0.05) is 15.9 Å². The number of ether oxygens (including phenoxy) is 4. The minimum Gasteiger partial charge on any atom is -0.456 e. The Bertz CT molecular complexity index is 475. The van der Waals surface area contributed by atoms with Crippen LogP contribution < -0.4 is 0 Å². The van der Waals surface area contributed by atoms with E-state index in [1.54, 1.807) is 45.6 Å². The van der Waals surface area contributed by atoms with Crippen molar-refractivity contribution in [3.8, 4) is 0 Å². The summed E-state index contributed by atoms with van der Waals surface area (Å²) in [7, 11) is 4.79. The SMILES string of the molecule is CO[C@H]1[C@H](OC)[C@H](OC)C[C@@H]1OC(=O)c1ccc(Br)cc1. The number of methoxy groups -OCH3 is 3. The largest absolute Gasteiger partial charge is 0.456 e. The van der Waals surface area contributed by atoms with Crippen LogP contribution >= 0.6 is 15.9 Å². The zero-order valence-electron chi connectivity index (χ0n) is 12.2. The monoisotopic (exact) mass is 358 g/mol. The van der Waals surface area contributed by atoms with Crippen molar-refractivity contribution in [2.45, 2.75) is 30.8 Å². The molecule has 0 amide bonds. The second-order valence-electron chi connectivity index (χ2n) is 4.86. The average Bonchev–Trinajstić information content (AvgIpc) is 2.84. The summed E-state index contributed by atoms with van der Waals surface area (Å²) in [4.78, 5) is 12.2. The quantitative estimate of drug-likeness (QED) is 0.756. The van der Waals surface area contributed by atoms with Crippen molar-refractivity contribution in [1.29, 1.82) is 0 Å². The van der Waals surface area contributed by atoms with E-state index in [0.29, 0.717) is 12.0 Å². The number of benzene rings is 1. The van der Waals surface area contributed by atoms with Crippen LogP contribution in [0.5, 0.6) is 0 Å². The van der Waals surface area contributed by atoms with Crippen LogP contribution in [0.15, 0.2) is 28.7 Å². The van der Waals surface area contributed by atoms with E-state index < -0.39 is 0 Å². The summed E-state index contributed by atoms with van der Waals surface area (Å²) < 4.78 is 22.7. The lowest BCUT2D eigenvalue weighted by Crippen LogP contribution is -2.38. The summed E-state index contributed by atoms with van der Waals surface area (Å²) in [5, 5.41) is 0. The molecule has 21 heavy (non-hydrogen) atoms. The number of rotatable bonds is 5. The fourth-order valence-electron chi connectivity index (χ4n) is 2.63. The van der Waals surface area contributed by atoms with Crippen molar-refractivity contribution in [1.82, 2.24) is 0 Å². The number of hydrogen-bond acceptors (Lipinski definition) is 5. The summed E-state index contributed by atoms with van der Waals surface area (Å²) in [6.07, 6.45) is -0.568. The average molecular weight is 359 g/mol. The van der Waals surface area contributed by atoms with E-state index >= 15 is 0 Å². The highest BCUT2D eigenvalue weighted by atomic mass is 79.9. The summed E-state index contributed by atoms with van der Waals surface area (Å²) in [5.41, 5.74) is 0.503.